The lowest BCUT2D eigenvalue weighted by Gasteiger charge is -2.29. The van der Waals surface area contributed by atoms with E-state index in [4.69, 9.17) is 0 Å². The molecular weight excluding hydrogens is 335 g/mol. The van der Waals surface area contributed by atoms with Gasteiger partial charge in [0.25, 0.3) is 5.85 Å². The first kappa shape index (κ1) is 17.2. The van der Waals surface area contributed by atoms with Gasteiger partial charge in [-0.2, -0.15) is 0 Å². The zero-order valence-electron chi connectivity index (χ0n) is 13.4. The summed E-state index contributed by atoms with van der Waals surface area (Å²) < 4.78 is 0. The normalized spacial score (nSPS) is 12.5. The molecule has 0 saturated carbocycles. The number of hydrogen-bond donors (Lipinski definition) is 3. The summed E-state index contributed by atoms with van der Waals surface area (Å²) in [5, 5.41) is 32.9. The van der Waals surface area contributed by atoms with Gasteiger partial charge in [0.05, 0.1) is 0 Å². The monoisotopic (exact) mass is 353 g/mol. The molecule has 25 heavy (non-hydrogen) atoms. The average molecular weight is 353 g/mol. The minimum atomic E-state index is -3.03. The van der Waals surface area contributed by atoms with Gasteiger partial charge in [-0.15, -0.1) is 0 Å². The van der Waals surface area contributed by atoms with E-state index in [1.165, 1.54) is 6.07 Å². The first-order chi connectivity index (χ1) is 12.1. The van der Waals surface area contributed by atoms with Crippen LogP contribution in [-0.4, -0.2) is 27.1 Å². The van der Waals surface area contributed by atoms with E-state index < -0.39 is 19.1 Å². The molecular formula is C20H18O4P+. The number of para-hydroxylation sites is 1. The highest BCUT2D eigenvalue weighted by Crippen LogP contribution is 2.60. The zero-order valence-corrected chi connectivity index (χ0v) is 14.3. The number of phenolic OH excluding ortho intramolecular Hbond substituents is 1. The Kier molecular flexibility index (Phi) is 4.84. The summed E-state index contributed by atoms with van der Waals surface area (Å²) in [6.45, 7) is 0. The molecule has 0 aliphatic heterocycles. The molecule has 0 fully saturated rings. The lowest BCUT2D eigenvalue weighted by molar-refractivity contribution is -0.142. The maximum Gasteiger partial charge on any atom is 0.373 e. The minimum Gasteiger partial charge on any atom is -0.504 e. The fraction of sp³-hybridized carbons (Fsp3) is 0.0500. The third-order valence-electron chi connectivity index (χ3n) is 4.18. The van der Waals surface area contributed by atoms with Crippen molar-refractivity contribution < 1.29 is 20.1 Å². The Morgan fingerprint density at radius 1 is 0.760 bits per heavy atom. The van der Waals surface area contributed by atoms with Crippen LogP contribution < -0.4 is 15.9 Å². The van der Waals surface area contributed by atoms with E-state index in [2.05, 4.69) is 0 Å². The number of carbonyl (C=O) groups is 1. The lowest BCUT2D eigenvalue weighted by Crippen LogP contribution is -2.42. The molecule has 0 aliphatic rings. The van der Waals surface area contributed by atoms with Gasteiger partial charge >= 0.3 is 5.97 Å². The Bertz CT molecular complexity index is 826. The predicted octanol–water partition coefficient (Wildman–Crippen LogP) is 2.09. The van der Waals surface area contributed by atoms with Crippen molar-refractivity contribution in [2.75, 3.05) is 0 Å². The maximum atomic E-state index is 11.9. The van der Waals surface area contributed by atoms with E-state index in [-0.39, 0.29) is 5.75 Å². The van der Waals surface area contributed by atoms with Crippen LogP contribution in [0.4, 0.5) is 0 Å². The van der Waals surface area contributed by atoms with E-state index in [1.807, 2.05) is 36.4 Å². The van der Waals surface area contributed by atoms with Crippen molar-refractivity contribution in [2.24, 2.45) is 0 Å². The number of benzene rings is 3. The van der Waals surface area contributed by atoms with Gasteiger partial charge in [0.2, 0.25) is 0 Å². The first-order valence-corrected chi connectivity index (χ1v) is 9.63. The third-order valence-corrected chi connectivity index (χ3v) is 8.49. The molecule has 0 radical (unpaired) electrons. The van der Waals surface area contributed by atoms with Crippen molar-refractivity contribution in [3.05, 3.63) is 84.9 Å². The standard InChI is InChI=1S/C20H17O4P/c21-17-13-7-8-14-18(17)25(20(24)19(22)23,15-9-3-1-4-10-15)16-11-5-2-6-12-16/h1-14,20,24H,(H-,21,22,23)/p+1. The highest BCUT2D eigenvalue weighted by Gasteiger charge is 2.57. The van der Waals surface area contributed by atoms with Crippen molar-refractivity contribution >= 4 is 29.1 Å². The van der Waals surface area contributed by atoms with Crippen LogP contribution in [0.3, 0.4) is 0 Å². The summed E-state index contributed by atoms with van der Waals surface area (Å²) in [7, 11) is -3.03. The van der Waals surface area contributed by atoms with Crippen LogP contribution in [0.5, 0.6) is 5.75 Å². The third kappa shape index (κ3) is 2.91. The molecule has 1 atom stereocenters. The minimum absolute atomic E-state index is 0.0242. The Hall–Kier alpha value is -2.68. The van der Waals surface area contributed by atoms with Crippen LogP contribution in [0.1, 0.15) is 0 Å². The van der Waals surface area contributed by atoms with Crippen molar-refractivity contribution in [2.45, 2.75) is 5.85 Å². The van der Waals surface area contributed by atoms with Crippen molar-refractivity contribution in [1.29, 1.82) is 0 Å². The van der Waals surface area contributed by atoms with Crippen LogP contribution in [0.15, 0.2) is 84.9 Å². The summed E-state index contributed by atoms with van der Waals surface area (Å²) in [6.07, 6.45) is 0. The molecule has 1 unspecified atom stereocenters. The number of carboxylic acids is 1. The average Bonchev–Trinajstić information content (AvgIpc) is 2.65. The first-order valence-electron chi connectivity index (χ1n) is 7.78. The van der Waals surface area contributed by atoms with Crippen LogP contribution in [0.2, 0.25) is 0 Å². The molecule has 0 spiro atoms. The van der Waals surface area contributed by atoms with Gasteiger partial charge in [0.15, 0.2) is 13.0 Å². The highest BCUT2D eigenvalue weighted by molar-refractivity contribution is 7.96. The largest absolute Gasteiger partial charge is 0.504 e. The molecule has 3 aromatic rings. The van der Waals surface area contributed by atoms with Gasteiger partial charge in [0.1, 0.15) is 15.9 Å². The molecule has 4 nitrogen and oxygen atoms in total. The van der Waals surface area contributed by atoms with Gasteiger partial charge in [-0.25, -0.2) is 4.79 Å². The predicted molar refractivity (Wildman–Crippen MR) is 100 cm³/mol. The maximum absolute atomic E-state index is 11.9. The lowest BCUT2D eigenvalue weighted by atomic mass is 10.3. The zero-order chi connectivity index (χ0) is 17.9. The van der Waals surface area contributed by atoms with Crippen LogP contribution >= 0.6 is 7.26 Å². The Labute approximate surface area is 146 Å². The van der Waals surface area contributed by atoms with Gasteiger partial charge in [-0.3, -0.25) is 0 Å². The van der Waals surface area contributed by atoms with E-state index in [0.717, 1.165) is 0 Å². The number of aliphatic carboxylic acids is 1. The molecule has 0 heterocycles. The second-order valence-corrected chi connectivity index (χ2v) is 9.04. The van der Waals surface area contributed by atoms with Crippen molar-refractivity contribution in [3.8, 4) is 5.75 Å². The summed E-state index contributed by atoms with van der Waals surface area (Å²) in [5.41, 5.74) is 0. The quantitative estimate of drug-likeness (QED) is 0.614. The second-order valence-electron chi connectivity index (χ2n) is 5.59. The molecule has 126 valence electrons. The molecule has 3 aromatic carbocycles. The Morgan fingerprint density at radius 3 is 1.64 bits per heavy atom. The summed E-state index contributed by atoms with van der Waals surface area (Å²) in [5.74, 6) is -3.02. The number of hydrogen-bond acceptors (Lipinski definition) is 3. The summed E-state index contributed by atoms with van der Waals surface area (Å²) in [6, 6.07) is 24.7. The molecule has 3 N–H and O–H groups in total. The van der Waals surface area contributed by atoms with Gasteiger partial charge < -0.3 is 15.3 Å². The molecule has 0 aromatic heterocycles. The van der Waals surface area contributed by atoms with Gasteiger partial charge in [-0.1, -0.05) is 48.5 Å². The summed E-state index contributed by atoms with van der Waals surface area (Å²) in [4.78, 5) is 11.9. The molecule has 0 bridgehead atoms. The van der Waals surface area contributed by atoms with Crippen LogP contribution in [0.25, 0.3) is 0 Å². The highest BCUT2D eigenvalue weighted by atomic mass is 31.2. The number of carboxylic acid groups (broad SMARTS) is 1. The number of aliphatic hydroxyl groups is 1. The van der Waals surface area contributed by atoms with Gasteiger partial charge in [0, 0.05) is 0 Å². The van der Waals surface area contributed by atoms with Crippen LogP contribution in [-0.2, 0) is 4.79 Å². The molecule has 3 rings (SSSR count). The Balaban J connectivity index is 2.45. The number of phenols is 1. The van der Waals surface area contributed by atoms with E-state index >= 15 is 0 Å². The smallest absolute Gasteiger partial charge is 0.373 e. The molecule has 0 aliphatic carbocycles. The fourth-order valence-corrected chi connectivity index (χ4v) is 7.15. The number of aromatic hydroxyl groups is 1. The SMILES string of the molecule is O=C(O)C(O)[P+](c1ccccc1)(c1ccccc1)c1ccccc1O. The molecule has 0 saturated heterocycles. The summed E-state index contributed by atoms with van der Waals surface area (Å²) >= 11 is 0. The second kappa shape index (κ2) is 7.06. The van der Waals surface area contributed by atoms with Crippen molar-refractivity contribution in [3.63, 3.8) is 0 Å². The molecule has 5 heteroatoms. The molecule has 0 amide bonds. The van der Waals surface area contributed by atoms with E-state index in [0.29, 0.717) is 15.9 Å². The van der Waals surface area contributed by atoms with Gasteiger partial charge in [-0.05, 0) is 36.4 Å². The van der Waals surface area contributed by atoms with E-state index in [9.17, 15) is 20.1 Å². The fourth-order valence-electron chi connectivity index (χ4n) is 3.10. The van der Waals surface area contributed by atoms with Crippen LogP contribution in [0, 0.1) is 0 Å². The topological polar surface area (TPSA) is 77.8 Å². The number of rotatable bonds is 5. The van der Waals surface area contributed by atoms with Crippen molar-refractivity contribution in [1.82, 2.24) is 0 Å². The van der Waals surface area contributed by atoms with E-state index in [1.54, 1.807) is 42.5 Å². The Morgan fingerprint density at radius 2 is 1.20 bits per heavy atom. The number of aliphatic hydroxyl groups excluding tert-OH is 1.